The predicted octanol–water partition coefficient (Wildman–Crippen LogP) is 3.77. The van der Waals surface area contributed by atoms with E-state index in [0.29, 0.717) is 24.1 Å². The number of carbonyl (C=O) groups is 1. The lowest BCUT2D eigenvalue weighted by Crippen LogP contribution is -2.35. The molecule has 1 heterocycles. The number of hydrogen-bond acceptors (Lipinski definition) is 1. The second-order valence-electron chi connectivity index (χ2n) is 6.26. The molecule has 2 rings (SSSR count). The molecule has 0 saturated carbocycles. The first-order valence-electron chi connectivity index (χ1n) is 6.69. The molecule has 0 bridgehead atoms. The van der Waals surface area contributed by atoms with Crippen molar-refractivity contribution in [3.8, 4) is 0 Å². The molecule has 1 fully saturated rings. The zero-order valence-electron chi connectivity index (χ0n) is 12.0. The van der Waals surface area contributed by atoms with E-state index >= 15 is 0 Å². The first-order chi connectivity index (χ1) is 9.21. The van der Waals surface area contributed by atoms with E-state index in [0.717, 1.165) is 6.07 Å². The van der Waals surface area contributed by atoms with E-state index < -0.39 is 17.6 Å². The van der Waals surface area contributed by atoms with E-state index in [1.807, 2.05) is 20.8 Å². The van der Waals surface area contributed by atoms with Gasteiger partial charge in [0.25, 0.3) is 0 Å². The Bertz CT molecular complexity index is 573. The molecule has 1 saturated heterocycles. The van der Waals surface area contributed by atoms with Gasteiger partial charge in [-0.3, -0.25) is 4.79 Å². The Morgan fingerprint density at radius 2 is 1.95 bits per heavy atom. The summed E-state index contributed by atoms with van der Waals surface area (Å²) in [7, 11) is 0. The number of amides is 1. The van der Waals surface area contributed by atoms with Gasteiger partial charge in [-0.1, -0.05) is 33.4 Å². The molecule has 108 valence electrons. The van der Waals surface area contributed by atoms with Crippen LogP contribution in [0.25, 0.3) is 0 Å². The highest BCUT2D eigenvalue weighted by Gasteiger charge is 2.33. The number of halogens is 2. The molecule has 1 unspecified atom stereocenters. The zero-order valence-corrected chi connectivity index (χ0v) is 12.0. The molecule has 2 nitrogen and oxygen atoms in total. The van der Waals surface area contributed by atoms with Crippen LogP contribution in [-0.2, 0) is 10.2 Å². The van der Waals surface area contributed by atoms with Crippen LogP contribution >= 0.6 is 0 Å². The van der Waals surface area contributed by atoms with Crippen molar-refractivity contribution in [2.24, 2.45) is 0 Å². The van der Waals surface area contributed by atoms with Crippen LogP contribution in [0.1, 0.15) is 50.7 Å². The van der Waals surface area contributed by atoms with Crippen molar-refractivity contribution in [2.45, 2.75) is 44.9 Å². The zero-order chi connectivity index (χ0) is 15.1. The first-order valence-corrected chi connectivity index (χ1v) is 6.69. The lowest BCUT2D eigenvalue weighted by atomic mass is 9.77. The Balaban J connectivity index is 2.57. The average Bonchev–Trinajstić information content (AvgIpc) is 2.32. The van der Waals surface area contributed by atoms with Gasteiger partial charge in [-0.2, -0.15) is 0 Å². The molecule has 4 heteroatoms. The molecule has 1 aromatic rings. The minimum atomic E-state index is -0.912. The van der Waals surface area contributed by atoms with Crippen LogP contribution in [0.5, 0.6) is 0 Å². The molecule has 0 aromatic heterocycles. The van der Waals surface area contributed by atoms with Gasteiger partial charge in [0.15, 0.2) is 11.6 Å². The van der Waals surface area contributed by atoms with E-state index in [9.17, 15) is 13.6 Å². The number of hydrogen-bond donors (Lipinski definition) is 1. The highest BCUT2D eigenvalue weighted by molar-refractivity contribution is 5.86. The molecular weight excluding hydrogens is 260 g/mol. The average molecular weight is 279 g/mol. The Labute approximate surface area is 117 Å². The third-order valence-corrected chi connectivity index (χ3v) is 3.64. The van der Waals surface area contributed by atoms with Gasteiger partial charge in [-0.05, 0) is 29.9 Å². The van der Waals surface area contributed by atoms with Gasteiger partial charge in [0.2, 0.25) is 5.91 Å². The molecule has 1 atom stereocenters. The van der Waals surface area contributed by atoms with Crippen LogP contribution in [0.4, 0.5) is 8.78 Å². The largest absolute Gasteiger partial charge is 0.330 e. The summed E-state index contributed by atoms with van der Waals surface area (Å²) < 4.78 is 27.9. The van der Waals surface area contributed by atoms with Gasteiger partial charge in [0.05, 0.1) is 5.92 Å². The van der Waals surface area contributed by atoms with Crippen LogP contribution in [0.15, 0.2) is 24.4 Å². The minimum absolute atomic E-state index is 0.183. The Hall–Kier alpha value is -1.71. The maximum absolute atomic E-state index is 14.3. The van der Waals surface area contributed by atoms with Crippen LogP contribution < -0.4 is 5.32 Å². The molecule has 0 radical (unpaired) electrons. The van der Waals surface area contributed by atoms with Gasteiger partial charge in [0.1, 0.15) is 0 Å². The van der Waals surface area contributed by atoms with Gasteiger partial charge in [-0.15, -0.1) is 0 Å². The van der Waals surface area contributed by atoms with Crippen molar-refractivity contribution in [1.82, 2.24) is 5.32 Å². The third-order valence-electron chi connectivity index (χ3n) is 3.64. The summed E-state index contributed by atoms with van der Waals surface area (Å²) in [5, 5.41) is 2.63. The fourth-order valence-corrected chi connectivity index (χ4v) is 2.61. The van der Waals surface area contributed by atoms with Crippen LogP contribution in [0, 0.1) is 11.6 Å². The molecule has 1 N–H and O–H groups in total. The van der Waals surface area contributed by atoms with E-state index in [1.54, 1.807) is 6.07 Å². The number of benzene rings is 1. The Morgan fingerprint density at radius 3 is 2.50 bits per heavy atom. The lowest BCUT2D eigenvalue weighted by Gasteiger charge is -2.30. The first kappa shape index (κ1) is 14.7. The fourth-order valence-electron chi connectivity index (χ4n) is 2.61. The second kappa shape index (κ2) is 5.00. The molecular formula is C16H19F2NO. The Kier molecular flexibility index (Phi) is 3.67. The van der Waals surface area contributed by atoms with E-state index in [-0.39, 0.29) is 16.9 Å². The SMILES string of the molecule is C=C1CCC(c2c(C(C)(C)C)ccc(F)c2F)C(=O)N1. The summed E-state index contributed by atoms with van der Waals surface area (Å²) >= 11 is 0. The van der Waals surface area contributed by atoms with Crippen molar-refractivity contribution >= 4 is 5.91 Å². The molecule has 1 aliphatic rings. The monoisotopic (exact) mass is 279 g/mol. The molecule has 0 spiro atoms. The third kappa shape index (κ3) is 2.60. The van der Waals surface area contributed by atoms with Crippen LogP contribution in [-0.4, -0.2) is 5.91 Å². The Morgan fingerprint density at radius 1 is 1.30 bits per heavy atom. The van der Waals surface area contributed by atoms with E-state index in [4.69, 9.17) is 0 Å². The highest BCUT2D eigenvalue weighted by atomic mass is 19.2. The summed E-state index contributed by atoms with van der Waals surface area (Å²) in [6.45, 7) is 9.46. The van der Waals surface area contributed by atoms with Gasteiger partial charge in [-0.25, -0.2) is 8.78 Å². The van der Waals surface area contributed by atoms with Gasteiger partial charge < -0.3 is 5.32 Å². The summed E-state index contributed by atoms with van der Waals surface area (Å²) in [4.78, 5) is 12.1. The van der Waals surface area contributed by atoms with Crippen molar-refractivity contribution in [3.05, 3.63) is 47.2 Å². The molecule has 1 aromatic carbocycles. The highest BCUT2D eigenvalue weighted by Crippen LogP contribution is 2.37. The number of allylic oxidation sites excluding steroid dienone is 1. The summed E-state index contributed by atoms with van der Waals surface area (Å²) in [6.07, 6.45) is 1.03. The van der Waals surface area contributed by atoms with Crippen LogP contribution in [0.2, 0.25) is 0 Å². The second-order valence-corrected chi connectivity index (χ2v) is 6.26. The fraction of sp³-hybridized carbons (Fsp3) is 0.438. The topological polar surface area (TPSA) is 29.1 Å². The van der Waals surface area contributed by atoms with Crippen molar-refractivity contribution in [1.29, 1.82) is 0 Å². The maximum atomic E-state index is 14.3. The number of rotatable bonds is 1. The standard InChI is InChI=1S/C16H19F2NO/c1-9-5-6-10(15(20)19-9)13-11(16(2,3)4)7-8-12(17)14(13)18/h7-8,10H,1,5-6H2,2-4H3,(H,19,20). The molecule has 1 aliphatic heterocycles. The predicted molar refractivity (Wildman–Crippen MR) is 74.3 cm³/mol. The number of piperidine rings is 1. The van der Waals surface area contributed by atoms with Crippen molar-refractivity contribution in [3.63, 3.8) is 0 Å². The van der Waals surface area contributed by atoms with Crippen molar-refractivity contribution < 1.29 is 13.6 Å². The van der Waals surface area contributed by atoms with Gasteiger partial charge >= 0.3 is 0 Å². The maximum Gasteiger partial charge on any atom is 0.231 e. The summed E-state index contributed by atoms with van der Waals surface area (Å²) in [5.41, 5.74) is 1.12. The van der Waals surface area contributed by atoms with E-state index in [2.05, 4.69) is 11.9 Å². The minimum Gasteiger partial charge on any atom is -0.330 e. The van der Waals surface area contributed by atoms with Crippen LogP contribution in [0.3, 0.4) is 0 Å². The molecule has 20 heavy (non-hydrogen) atoms. The quantitative estimate of drug-likeness (QED) is 0.833. The summed E-state index contributed by atoms with van der Waals surface area (Å²) in [6, 6.07) is 2.70. The molecule has 0 aliphatic carbocycles. The van der Waals surface area contributed by atoms with Crippen molar-refractivity contribution in [2.75, 3.05) is 0 Å². The summed E-state index contributed by atoms with van der Waals surface area (Å²) in [5.74, 6) is -2.79. The van der Waals surface area contributed by atoms with Gasteiger partial charge in [0, 0.05) is 11.3 Å². The molecule has 1 amide bonds. The smallest absolute Gasteiger partial charge is 0.231 e. The normalized spacial score (nSPS) is 19.9. The number of nitrogens with one attached hydrogen (secondary N) is 1. The number of carbonyl (C=O) groups excluding carboxylic acids is 1. The lowest BCUT2D eigenvalue weighted by molar-refractivity contribution is -0.123. The van der Waals surface area contributed by atoms with E-state index in [1.165, 1.54) is 0 Å².